The first-order valence-corrected chi connectivity index (χ1v) is 8.80. The molecule has 0 unspecified atom stereocenters. The molecule has 1 aliphatic carbocycles. The number of non-ortho nitro benzene ring substituents is 1. The third kappa shape index (κ3) is 3.31. The summed E-state index contributed by atoms with van der Waals surface area (Å²) in [7, 11) is 0. The second-order valence-electron chi connectivity index (χ2n) is 6.53. The fraction of sp³-hybridized carbons (Fsp3) is 0.200. The Balaban J connectivity index is 1.61. The first-order chi connectivity index (χ1) is 13.1. The van der Waals surface area contributed by atoms with Crippen molar-refractivity contribution in [3.63, 3.8) is 0 Å². The molecule has 7 nitrogen and oxygen atoms in total. The average molecular weight is 362 g/mol. The minimum Gasteiger partial charge on any atom is -0.307 e. The van der Waals surface area contributed by atoms with Gasteiger partial charge in [0.15, 0.2) is 0 Å². The van der Waals surface area contributed by atoms with Crippen LogP contribution in [0.5, 0.6) is 0 Å². The molecule has 2 aromatic carbocycles. The van der Waals surface area contributed by atoms with Gasteiger partial charge in [-0.05, 0) is 36.5 Å². The van der Waals surface area contributed by atoms with E-state index in [0.717, 1.165) is 19.3 Å². The molecule has 0 aliphatic heterocycles. The Morgan fingerprint density at radius 1 is 1.19 bits per heavy atom. The molecule has 1 N–H and O–H groups in total. The maximum atomic E-state index is 12.6. The van der Waals surface area contributed by atoms with Crippen molar-refractivity contribution >= 4 is 17.4 Å². The number of nitrogens with zero attached hydrogens (tertiary/aromatic N) is 3. The molecule has 0 fully saturated rings. The molecule has 1 heterocycles. The number of carbonyl (C=O) groups excluding carboxylic acids is 1. The SMILES string of the molecule is O=C(Nc1ccnn1[C@H]1CCCc2ccccc21)c1cccc([N+](=O)[O-])c1. The number of nitro groups is 1. The Morgan fingerprint density at radius 2 is 2.04 bits per heavy atom. The third-order valence-electron chi connectivity index (χ3n) is 4.86. The van der Waals surface area contributed by atoms with E-state index in [9.17, 15) is 14.9 Å². The Labute approximate surface area is 155 Å². The lowest BCUT2D eigenvalue weighted by molar-refractivity contribution is -0.384. The molecular formula is C20H18N4O3. The number of aromatic nitrogens is 2. The standard InChI is InChI=1S/C20H18N4O3/c25-20(15-7-3-8-16(13-15)24(26)27)22-19-11-12-21-23(19)18-10-4-6-14-5-1-2-9-17(14)18/h1-3,5,7-9,11-13,18H,4,6,10H2,(H,22,25)/t18-/m0/s1. The van der Waals surface area contributed by atoms with Gasteiger partial charge in [0.1, 0.15) is 5.82 Å². The highest BCUT2D eigenvalue weighted by molar-refractivity contribution is 6.04. The second-order valence-corrected chi connectivity index (χ2v) is 6.53. The summed E-state index contributed by atoms with van der Waals surface area (Å²) in [5.74, 6) is 0.178. The molecule has 0 saturated heterocycles. The summed E-state index contributed by atoms with van der Waals surface area (Å²) < 4.78 is 1.83. The van der Waals surface area contributed by atoms with Gasteiger partial charge in [-0.25, -0.2) is 4.68 Å². The molecule has 7 heteroatoms. The minimum atomic E-state index is -0.514. The van der Waals surface area contributed by atoms with Crippen molar-refractivity contribution in [2.24, 2.45) is 0 Å². The van der Waals surface area contributed by atoms with Gasteiger partial charge in [-0.15, -0.1) is 0 Å². The summed E-state index contributed by atoms with van der Waals surface area (Å²) in [5.41, 5.74) is 2.65. The highest BCUT2D eigenvalue weighted by atomic mass is 16.6. The fourth-order valence-corrected chi connectivity index (χ4v) is 3.59. The van der Waals surface area contributed by atoms with Crippen LogP contribution in [0.15, 0.2) is 60.8 Å². The molecule has 1 atom stereocenters. The van der Waals surface area contributed by atoms with Crippen molar-refractivity contribution < 1.29 is 9.72 Å². The number of nitro benzene ring substituents is 1. The number of carbonyl (C=O) groups is 1. The van der Waals surface area contributed by atoms with Crippen LogP contribution in [-0.4, -0.2) is 20.6 Å². The van der Waals surface area contributed by atoms with E-state index < -0.39 is 10.8 Å². The van der Waals surface area contributed by atoms with Gasteiger partial charge >= 0.3 is 0 Å². The fourth-order valence-electron chi connectivity index (χ4n) is 3.59. The number of benzene rings is 2. The molecule has 1 aromatic heterocycles. The molecule has 27 heavy (non-hydrogen) atoms. The molecular weight excluding hydrogens is 344 g/mol. The molecule has 1 aliphatic rings. The lowest BCUT2D eigenvalue weighted by Gasteiger charge is -2.27. The zero-order valence-corrected chi connectivity index (χ0v) is 14.5. The Morgan fingerprint density at radius 3 is 2.89 bits per heavy atom. The van der Waals surface area contributed by atoms with Crippen molar-refractivity contribution in [1.29, 1.82) is 0 Å². The van der Waals surface area contributed by atoms with Crippen LogP contribution in [-0.2, 0) is 6.42 Å². The topological polar surface area (TPSA) is 90.1 Å². The number of nitrogens with one attached hydrogen (secondary N) is 1. The average Bonchev–Trinajstić information content (AvgIpc) is 3.15. The van der Waals surface area contributed by atoms with Gasteiger partial charge in [-0.2, -0.15) is 5.10 Å². The highest BCUT2D eigenvalue weighted by Crippen LogP contribution is 2.34. The van der Waals surface area contributed by atoms with Crippen LogP contribution in [0.4, 0.5) is 11.5 Å². The normalized spacial score (nSPS) is 15.8. The zero-order valence-electron chi connectivity index (χ0n) is 14.5. The van der Waals surface area contributed by atoms with Crippen LogP contribution < -0.4 is 5.32 Å². The molecule has 1 amide bonds. The molecule has 4 rings (SSSR count). The Bertz CT molecular complexity index is 1010. The largest absolute Gasteiger partial charge is 0.307 e. The molecule has 136 valence electrons. The Kier molecular flexibility index (Phi) is 4.42. The van der Waals surface area contributed by atoms with Crippen LogP contribution in [0.25, 0.3) is 0 Å². The lowest BCUT2D eigenvalue weighted by atomic mass is 9.88. The predicted octanol–water partition coefficient (Wildman–Crippen LogP) is 3.97. The predicted molar refractivity (Wildman–Crippen MR) is 101 cm³/mol. The smallest absolute Gasteiger partial charge is 0.270 e. The van der Waals surface area contributed by atoms with Gasteiger partial charge in [0.05, 0.1) is 17.2 Å². The quantitative estimate of drug-likeness (QED) is 0.562. The highest BCUT2D eigenvalue weighted by Gasteiger charge is 2.24. The number of hydrogen-bond donors (Lipinski definition) is 1. The van der Waals surface area contributed by atoms with E-state index >= 15 is 0 Å². The summed E-state index contributed by atoms with van der Waals surface area (Å²) in [6.07, 6.45) is 4.70. The minimum absolute atomic E-state index is 0.0605. The molecule has 0 spiro atoms. The van der Waals surface area contributed by atoms with Crippen LogP contribution in [0.2, 0.25) is 0 Å². The summed E-state index contributed by atoms with van der Waals surface area (Å²) in [4.78, 5) is 23.0. The van der Waals surface area contributed by atoms with Crippen LogP contribution in [0.3, 0.4) is 0 Å². The summed E-state index contributed by atoms with van der Waals surface area (Å²) in [5, 5.41) is 18.2. The molecule has 0 radical (unpaired) electrons. The van der Waals surface area contributed by atoms with E-state index in [1.807, 2.05) is 16.8 Å². The van der Waals surface area contributed by atoms with E-state index in [2.05, 4.69) is 22.5 Å². The van der Waals surface area contributed by atoms with E-state index in [1.165, 1.54) is 29.3 Å². The number of fused-ring (bicyclic) bond motifs is 1. The number of hydrogen-bond acceptors (Lipinski definition) is 4. The van der Waals surface area contributed by atoms with Crippen LogP contribution in [0, 0.1) is 10.1 Å². The number of anilines is 1. The van der Waals surface area contributed by atoms with E-state index in [4.69, 9.17) is 0 Å². The maximum absolute atomic E-state index is 12.6. The first kappa shape index (κ1) is 17.0. The van der Waals surface area contributed by atoms with E-state index in [0.29, 0.717) is 5.82 Å². The van der Waals surface area contributed by atoms with Crippen molar-refractivity contribution in [1.82, 2.24) is 9.78 Å². The van der Waals surface area contributed by atoms with Gasteiger partial charge in [-0.3, -0.25) is 14.9 Å². The zero-order chi connectivity index (χ0) is 18.8. The summed E-state index contributed by atoms with van der Waals surface area (Å²) in [6, 6.07) is 15.8. The van der Waals surface area contributed by atoms with Gasteiger partial charge in [0.25, 0.3) is 11.6 Å². The number of aryl methyl sites for hydroxylation is 1. The van der Waals surface area contributed by atoms with Crippen molar-refractivity contribution in [2.45, 2.75) is 25.3 Å². The molecule has 0 saturated carbocycles. The van der Waals surface area contributed by atoms with E-state index in [-0.39, 0.29) is 17.3 Å². The van der Waals surface area contributed by atoms with Gasteiger partial charge < -0.3 is 5.32 Å². The number of rotatable bonds is 4. The third-order valence-corrected chi connectivity index (χ3v) is 4.86. The Hall–Kier alpha value is -3.48. The molecule has 3 aromatic rings. The van der Waals surface area contributed by atoms with Crippen LogP contribution in [0.1, 0.15) is 40.4 Å². The van der Waals surface area contributed by atoms with Gasteiger partial charge in [0.2, 0.25) is 0 Å². The lowest BCUT2D eigenvalue weighted by Crippen LogP contribution is -2.22. The summed E-state index contributed by atoms with van der Waals surface area (Å²) >= 11 is 0. The first-order valence-electron chi connectivity index (χ1n) is 8.80. The van der Waals surface area contributed by atoms with Crippen molar-refractivity contribution in [2.75, 3.05) is 5.32 Å². The molecule has 0 bridgehead atoms. The monoisotopic (exact) mass is 362 g/mol. The maximum Gasteiger partial charge on any atom is 0.270 e. The van der Waals surface area contributed by atoms with Crippen LogP contribution >= 0.6 is 0 Å². The van der Waals surface area contributed by atoms with Gasteiger partial charge in [0, 0.05) is 23.8 Å². The second kappa shape index (κ2) is 7.03. The summed E-state index contributed by atoms with van der Waals surface area (Å²) in [6.45, 7) is 0. The number of amides is 1. The van der Waals surface area contributed by atoms with Gasteiger partial charge in [-0.1, -0.05) is 30.3 Å². The van der Waals surface area contributed by atoms with Crippen molar-refractivity contribution in [3.05, 3.63) is 87.6 Å². The van der Waals surface area contributed by atoms with Crippen molar-refractivity contribution in [3.8, 4) is 0 Å². The van der Waals surface area contributed by atoms with E-state index in [1.54, 1.807) is 18.3 Å².